The molecule has 2 N–H and O–H groups in total. The first-order valence-electron chi connectivity index (χ1n) is 5.42. The van der Waals surface area contributed by atoms with Gasteiger partial charge in [-0.25, -0.2) is 0 Å². The number of carbonyl (C=O) groups excluding carboxylic acids is 2. The van der Waals surface area contributed by atoms with Gasteiger partial charge in [0.05, 0.1) is 6.54 Å². The second-order valence-corrected chi connectivity index (χ2v) is 4.95. The Bertz CT molecular complexity index is 441. The highest BCUT2D eigenvalue weighted by atomic mass is 35.5. The summed E-state index contributed by atoms with van der Waals surface area (Å²) in [7, 11) is 0. The standard InChI is InChI=1S/C12H14Cl2N2O2/c1-7(2)12(18)15-6-11(17)16-10-4-8(13)3-9(14)5-10/h3-5,7H,6H2,1-2H3,(H,15,18)(H,16,17). The molecule has 0 saturated heterocycles. The molecule has 0 aliphatic rings. The summed E-state index contributed by atoms with van der Waals surface area (Å²) in [6, 6.07) is 4.73. The van der Waals surface area contributed by atoms with Gasteiger partial charge in [0.25, 0.3) is 0 Å². The van der Waals surface area contributed by atoms with Crippen LogP contribution in [0.5, 0.6) is 0 Å². The van der Waals surface area contributed by atoms with Gasteiger partial charge in [-0.05, 0) is 18.2 Å². The zero-order chi connectivity index (χ0) is 13.7. The molecule has 98 valence electrons. The van der Waals surface area contributed by atoms with Gasteiger partial charge in [-0.3, -0.25) is 9.59 Å². The molecule has 0 fully saturated rings. The molecule has 2 amide bonds. The van der Waals surface area contributed by atoms with E-state index in [1.165, 1.54) is 0 Å². The van der Waals surface area contributed by atoms with E-state index in [-0.39, 0.29) is 24.3 Å². The summed E-state index contributed by atoms with van der Waals surface area (Å²) in [5.74, 6) is -0.657. The Kier molecular flexibility index (Phi) is 5.44. The molecular weight excluding hydrogens is 275 g/mol. The lowest BCUT2D eigenvalue weighted by Crippen LogP contribution is -2.35. The molecule has 4 nitrogen and oxygen atoms in total. The van der Waals surface area contributed by atoms with Crippen molar-refractivity contribution in [2.45, 2.75) is 13.8 Å². The average Bonchev–Trinajstić information content (AvgIpc) is 2.24. The highest BCUT2D eigenvalue weighted by Gasteiger charge is 2.09. The maximum absolute atomic E-state index is 11.6. The van der Waals surface area contributed by atoms with Crippen LogP contribution in [0.25, 0.3) is 0 Å². The van der Waals surface area contributed by atoms with Crippen LogP contribution in [0.1, 0.15) is 13.8 Å². The number of rotatable bonds is 4. The van der Waals surface area contributed by atoms with Crippen LogP contribution in [0.4, 0.5) is 5.69 Å². The fraction of sp³-hybridized carbons (Fsp3) is 0.333. The van der Waals surface area contributed by atoms with Crippen LogP contribution in [-0.2, 0) is 9.59 Å². The number of carbonyl (C=O) groups is 2. The molecule has 0 radical (unpaired) electrons. The van der Waals surface area contributed by atoms with Crippen LogP contribution >= 0.6 is 23.2 Å². The molecule has 0 spiro atoms. The molecule has 1 aromatic carbocycles. The Morgan fingerprint density at radius 1 is 1.17 bits per heavy atom. The maximum Gasteiger partial charge on any atom is 0.243 e. The van der Waals surface area contributed by atoms with Crippen LogP contribution in [0.2, 0.25) is 10.0 Å². The number of hydrogen-bond donors (Lipinski definition) is 2. The highest BCUT2D eigenvalue weighted by molar-refractivity contribution is 6.35. The number of nitrogens with one attached hydrogen (secondary N) is 2. The van der Waals surface area contributed by atoms with Gasteiger partial charge in [-0.1, -0.05) is 37.0 Å². The molecule has 1 rings (SSSR count). The normalized spacial score (nSPS) is 10.3. The fourth-order valence-corrected chi connectivity index (χ4v) is 1.73. The van der Waals surface area contributed by atoms with Gasteiger partial charge >= 0.3 is 0 Å². The second-order valence-electron chi connectivity index (χ2n) is 4.08. The molecule has 0 aliphatic heterocycles. The van der Waals surface area contributed by atoms with Crippen molar-refractivity contribution in [1.29, 1.82) is 0 Å². The zero-order valence-corrected chi connectivity index (χ0v) is 11.6. The predicted octanol–water partition coefficient (Wildman–Crippen LogP) is 2.70. The molecule has 0 heterocycles. The average molecular weight is 289 g/mol. The van der Waals surface area contributed by atoms with Crippen LogP contribution in [0, 0.1) is 5.92 Å². The largest absolute Gasteiger partial charge is 0.347 e. The van der Waals surface area contributed by atoms with Crippen molar-refractivity contribution in [1.82, 2.24) is 5.32 Å². The summed E-state index contributed by atoms with van der Waals surface area (Å²) in [5, 5.41) is 5.98. The first-order chi connectivity index (χ1) is 8.38. The molecule has 18 heavy (non-hydrogen) atoms. The smallest absolute Gasteiger partial charge is 0.243 e. The maximum atomic E-state index is 11.6. The van der Waals surface area contributed by atoms with Gasteiger partial charge in [0, 0.05) is 21.7 Å². The number of halogens is 2. The van der Waals surface area contributed by atoms with E-state index < -0.39 is 0 Å². The number of anilines is 1. The minimum atomic E-state index is -0.331. The Hall–Kier alpha value is -1.26. The Morgan fingerprint density at radius 3 is 2.22 bits per heavy atom. The Morgan fingerprint density at radius 2 is 1.72 bits per heavy atom. The third kappa shape index (κ3) is 4.94. The van der Waals surface area contributed by atoms with Gasteiger partial charge in [-0.2, -0.15) is 0 Å². The first-order valence-corrected chi connectivity index (χ1v) is 6.17. The molecule has 0 atom stereocenters. The van der Waals surface area contributed by atoms with Crippen molar-refractivity contribution < 1.29 is 9.59 Å². The van der Waals surface area contributed by atoms with Gasteiger partial charge in [0.2, 0.25) is 11.8 Å². The summed E-state index contributed by atoms with van der Waals surface area (Å²) >= 11 is 11.6. The second kappa shape index (κ2) is 6.61. The predicted molar refractivity (Wildman–Crippen MR) is 72.9 cm³/mol. The summed E-state index contributed by atoms with van der Waals surface area (Å²) in [4.78, 5) is 22.8. The van der Waals surface area contributed by atoms with Gasteiger partial charge in [-0.15, -0.1) is 0 Å². The van der Waals surface area contributed by atoms with E-state index in [0.29, 0.717) is 15.7 Å². The van der Waals surface area contributed by atoms with Crippen LogP contribution in [0.3, 0.4) is 0 Å². The van der Waals surface area contributed by atoms with Crippen molar-refractivity contribution in [3.63, 3.8) is 0 Å². The molecule has 1 aromatic rings. The van der Waals surface area contributed by atoms with Crippen molar-refractivity contribution in [2.75, 3.05) is 11.9 Å². The highest BCUT2D eigenvalue weighted by Crippen LogP contribution is 2.22. The molecule has 0 saturated carbocycles. The molecule has 0 unspecified atom stereocenters. The number of hydrogen-bond acceptors (Lipinski definition) is 2. The van der Waals surface area contributed by atoms with E-state index in [1.807, 2.05) is 0 Å². The third-order valence-electron chi connectivity index (χ3n) is 2.09. The lowest BCUT2D eigenvalue weighted by molar-refractivity contribution is -0.126. The van der Waals surface area contributed by atoms with Crippen molar-refractivity contribution in [2.24, 2.45) is 5.92 Å². The lowest BCUT2D eigenvalue weighted by Gasteiger charge is -2.09. The Labute approximate surface area is 116 Å². The first kappa shape index (κ1) is 14.8. The number of benzene rings is 1. The van der Waals surface area contributed by atoms with E-state index in [9.17, 15) is 9.59 Å². The van der Waals surface area contributed by atoms with E-state index in [0.717, 1.165) is 0 Å². The zero-order valence-electron chi connectivity index (χ0n) is 10.1. The molecule has 6 heteroatoms. The van der Waals surface area contributed by atoms with Crippen LogP contribution < -0.4 is 10.6 Å². The molecular formula is C12H14Cl2N2O2. The van der Waals surface area contributed by atoms with E-state index in [2.05, 4.69) is 10.6 Å². The summed E-state index contributed by atoms with van der Waals surface area (Å²) in [6.07, 6.45) is 0. The minimum absolute atomic E-state index is 0.0822. The SMILES string of the molecule is CC(C)C(=O)NCC(=O)Nc1cc(Cl)cc(Cl)c1. The topological polar surface area (TPSA) is 58.2 Å². The lowest BCUT2D eigenvalue weighted by atomic mass is 10.2. The summed E-state index contributed by atoms with van der Waals surface area (Å²) < 4.78 is 0. The van der Waals surface area contributed by atoms with E-state index >= 15 is 0 Å². The van der Waals surface area contributed by atoms with E-state index in [4.69, 9.17) is 23.2 Å². The molecule has 0 aliphatic carbocycles. The summed E-state index contributed by atoms with van der Waals surface area (Å²) in [5.41, 5.74) is 0.497. The van der Waals surface area contributed by atoms with Crippen LogP contribution in [0.15, 0.2) is 18.2 Å². The number of amides is 2. The Balaban J connectivity index is 2.52. The van der Waals surface area contributed by atoms with Crippen molar-refractivity contribution in [3.8, 4) is 0 Å². The third-order valence-corrected chi connectivity index (χ3v) is 2.53. The molecule has 0 bridgehead atoms. The van der Waals surface area contributed by atoms with Crippen LogP contribution in [-0.4, -0.2) is 18.4 Å². The summed E-state index contributed by atoms with van der Waals surface area (Å²) in [6.45, 7) is 3.43. The van der Waals surface area contributed by atoms with Gasteiger partial charge in [0.1, 0.15) is 0 Å². The fourth-order valence-electron chi connectivity index (χ4n) is 1.20. The minimum Gasteiger partial charge on any atom is -0.347 e. The van der Waals surface area contributed by atoms with Crippen molar-refractivity contribution in [3.05, 3.63) is 28.2 Å². The van der Waals surface area contributed by atoms with Crippen molar-refractivity contribution >= 4 is 40.7 Å². The monoisotopic (exact) mass is 288 g/mol. The van der Waals surface area contributed by atoms with E-state index in [1.54, 1.807) is 32.0 Å². The van der Waals surface area contributed by atoms with Gasteiger partial charge < -0.3 is 10.6 Å². The quantitative estimate of drug-likeness (QED) is 0.895. The molecule has 0 aromatic heterocycles. The van der Waals surface area contributed by atoms with Gasteiger partial charge in [0.15, 0.2) is 0 Å².